The van der Waals surface area contributed by atoms with Crippen LogP contribution in [0.2, 0.25) is 0 Å². The second-order valence-electron chi connectivity index (χ2n) is 12.4. The van der Waals surface area contributed by atoms with Crippen molar-refractivity contribution in [3.05, 3.63) is 89.5 Å². The maximum Gasteiger partial charge on any atom is 0.253 e. The molecule has 220 valence electrons. The Kier molecular flexibility index (Phi) is 7.31. The third-order valence-corrected chi connectivity index (χ3v) is 9.37. The zero-order valence-electron chi connectivity index (χ0n) is 24.6. The first-order chi connectivity index (χ1) is 20.2. The predicted molar refractivity (Wildman–Crippen MR) is 159 cm³/mol. The molecule has 3 amide bonds. The summed E-state index contributed by atoms with van der Waals surface area (Å²) in [6.07, 6.45) is 6.92. The Hall–Kier alpha value is -3.75. The third kappa shape index (κ3) is 4.39. The Balaban J connectivity index is 1.45. The fourth-order valence-corrected chi connectivity index (χ4v) is 7.28. The summed E-state index contributed by atoms with van der Waals surface area (Å²) in [7, 11) is 0. The molecule has 2 aromatic rings. The molecule has 4 aliphatic rings. The van der Waals surface area contributed by atoms with E-state index in [0.717, 1.165) is 22.4 Å². The molecule has 4 aliphatic heterocycles. The molecule has 1 N–H and O–H groups in total. The lowest BCUT2D eigenvalue weighted by molar-refractivity contribution is -0.148. The van der Waals surface area contributed by atoms with E-state index in [1.165, 1.54) is 0 Å². The Labute approximate surface area is 247 Å². The number of carbonyl (C=O) groups is 3. The van der Waals surface area contributed by atoms with Gasteiger partial charge in [0.2, 0.25) is 11.8 Å². The molecule has 1 spiro atoms. The summed E-state index contributed by atoms with van der Waals surface area (Å²) in [6, 6.07) is 14.1. The van der Waals surface area contributed by atoms with E-state index in [1.54, 1.807) is 14.7 Å². The number of fused-ring (bicyclic) bond motifs is 2. The van der Waals surface area contributed by atoms with Crippen molar-refractivity contribution in [1.29, 1.82) is 0 Å². The molecule has 42 heavy (non-hydrogen) atoms. The molecule has 8 nitrogen and oxygen atoms in total. The first kappa shape index (κ1) is 28.4. The lowest BCUT2D eigenvalue weighted by atomic mass is 9.77. The first-order valence-electron chi connectivity index (χ1n) is 14.8. The van der Waals surface area contributed by atoms with E-state index in [2.05, 4.69) is 0 Å². The normalized spacial score (nSPS) is 29.5. The number of hydrogen-bond acceptors (Lipinski definition) is 5. The number of ether oxygens (including phenoxy) is 1. The standard InChI is InChI=1S/C34H39N3O5/c1-21(2)26(20-38)37-30-33(41)36(25-18-22(3)13-14-23(25)4)17-9-15-34(30)29(32(37)40)28-27(42-34)12-8-16-35(31(28)39)19-24-10-6-5-7-11-24/h5-15,18,21,26-30,38H,16-17,19-20H2,1-4H3/t26-,27-,28+,29-,30?,34-/m0/s1. The van der Waals surface area contributed by atoms with Crippen LogP contribution in [0.1, 0.15) is 30.5 Å². The van der Waals surface area contributed by atoms with Crippen LogP contribution in [0.25, 0.3) is 0 Å². The zero-order valence-corrected chi connectivity index (χ0v) is 24.6. The highest BCUT2D eigenvalue weighted by molar-refractivity contribution is 6.06. The van der Waals surface area contributed by atoms with Gasteiger partial charge in [0.1, 0.15) is 11.6 Å². The molecule has 0 saturated carbocycles. The van der Waals surface area contributed by atoms with Crippen LogP contribution in [0.4, 0.5) is 5.69 Å². The van der Waals surface area contributed by atoms with Crippen LogP contribution in [0.5, 0.6) is 0 Å². The van der Waals surface area contributed by atoms with Gasteiger partial charge in [-0.25, -0.2) is 0 Å². The van der Waals surface area contributed by atoms with Crippen molar-refractivity contribution in [2.45, 2.75) is 58.0 Å². The third-order valence-electron chi connectivity index (χ3n) is 9.37. The number of carbonyl (C=O) groups excluding carboxylic acids is 3. The van der Waals surface area contributed by atoms with Crippen molar-refractivity contribution in [2.75, 3.05) is 24.6 Å². The molecule has 4 heterocycles. The number of nitrogens with zero attached hydrogens (tertiary/aromatic N) is 3. The summed E-state index contributed by atoms with van der Waals surface area (Å²) >= 11 is 0. The van der Waals surface area contributed by atoms with E-state index in [-0.39, 0.29) is 30.2 Å². The Morgan fingerprint density at radius 3 is 2.45 bits per heavy atom. The molecule has 2 saturated heterocycles. The molecular formula is C34H39N3O5. The SMILES string of the molecule is Cc1ccc(C)c(N2CC=C[C@]34O[C@H]5C=CCN(Cc6ccccc6)C(=O)[C@H]5[C@H]3C(=O)N([C@@H](CO)C(C)C)C4C2=O)c1. The van der Waals surface area contributed by atoms with E-state index in [9.17, 15) is 19.5 Å². The van der Waals surface area contributed by atoms with Gasteiger partial charge in [0.05, 0.1) is 30.6 Å². The van der Waals surface area contributed by atoms with E-state index >= 15 is 0 Å². The Morgan fingerprint density at radius 1 is 0.976 bits per heavy atom. The average molecular weight is 570 g/mol. The highest BCUT2D eigenvalue weighted by atomic mass is 16.5. The van der Waals surface area contributed by atoms with Gasteiger partial charge < -0.3 is 24.5 Å². The average Bonchev–Trinajstić information content (AvgIpc) is 3.28. The van der Waals surface area contributed by atoms with Crippen LogP contribution >= 0.6 is 0 Å². The van der Waals surface area contributed by atoms with Crippen molar-refractivity contribution < 1.29 is 24.2 Å². The Bertz CT molecular complexity index is 1450. The fraction of sp³-hybridized carbons (Fsp3) is 0.441. The van der Waals surface area contributed by atoms with Gasteiger partial charge in [0, 0.05) is 25.3 Å². The van der Waals surface area contributed by atoms with Crippen molar-refractivity contribution in [1.82, 2.24) is 9.80 Å². The quantitative estimate of drug-likeness (QED) is 0.539. The van der Waals surface area contributed by atoms with Crippen molar-refractivity contribution >= 4 is 23.4 Å². The number of aliphatic hydroxyl groups is 1. The number of aliphatic hydroxyl groups excluding tert-OH is 1. The highest BCUT2D eigenvalue weighted by Crippen LogP contribution is 2.54. The van der Waals surface area contributed by atoms with Gasteiger partial charge >= 0.3 is 0 Å². The van der Waals surface area contributed by atoms with Crippen LogP contribution in [-0.2, 0) is 25.7 Å². The van der Waals surface area contributed by atoms with Crippen LogP contribution in [0.15, 0.2) is 72.8 Å². The number of rotatable bonds is 6. The maximum atomic E-state index is 14.7. The van der Waals surface area contributed by atoms with E-state index < -0.39 is 35.6 Å². The van der Waals surface area contributed by atoms with E-state index in [4.69, 9.17) is 4.74 Å². The highest BCUT2D eigenvalue weighted by Gasteiger charge is 2.72. The first-order valence-corrected chi connectivity index (χ1v) is 14.8. The van der Waals surface area contributed by atoms with Crippen LogP contribution < -0.4 is 4.90 Å². The number of benzene rings is 2. The maximum absolute atomic E-state index is 14.7. The zero-order chi connectivity index (χ0) is 29.8. The monoisotopic (exact) mass is 569 g/mol. The predicted octanol–water partition coefficient (Wildman–Crippen LogP) is 3.40. The minimum Gasteiger partial charge on any atom is -0.394 e. The molecule has 8 heteroatoms. The molecule has 0 aliphatic carbocycles. The Morgan fingerprint density at radius 2 is 1.74 bits per heavy atom. The largest absolute Gasteiger partial charge is 0.394 e. The van der Waals surface area contributed by atoms with Crippen molar-refractivity contribution in [2.24, 2.45) is 17.8 Å². The lowest BCUT2D eigenvalue weighted by Gasteiger charge is -2.40. The molecule has 0 bridgehead atoms. The number of likely N-dealkylation sites (tertiary alicyclic amines) is 1. The smallest absolute Gasteiger partial charge is 0.253 e. The topological polar surface area (TPSA) is 90.4 Å². The van der Waals surface area contributed by atoms with Gasteiger partial charge in [0.25, 0.3) is 5.91 Å². The second kappa shape index (κ2) is 10.8. The van der Waals surface area contributed by atoms with Gasteiger partial charge in [-0.15, -0.1) is 0 Å². The van der Waals surface area contributed by atoms with Crippen molar-refractivity contribution in [3.63, 3.8) is 0 Å². The van der Waals surface area contributed by atoms with E-state index in [1.807, 2.05) is 101 Å². The van der Waals surface area contributed by atoms with Crippen LogP contribution in [0, 0.1) is 31.6 Å². The fourth-order valence-electron chi connectivity index (χ4n) is 7.28. The molecule has 6 rings (SSSR count). The van der Waals surface area contributed by atoms with Gasteiger partial charge in [-0.05, 0) is 42.5 Å². The summed E-state index contributed by atoms with van der Waals surface area (Å²) in [4.78, 5) is 48.6. The number of hydrogen-bond donors (Lipinski definition) is 1. The summed E-state index contributed by atoms with van der Waals surface area (Å²) in [6.45, 7) is 8.64. The second-order valence-corrected chi connectivity index (χ2v) is 12.4. The molecule has 0 aromatic heterocycles. The minimum absolute atomic E-state index is 0.126. The van der Waals surface area contributed by atoms with Gasteiger partial charge in [-0.1, -0.05) is 80.6 Å². The molecule has 6 atom stereocenters. The van der Waals surface area contributed by atoms with E-state index in [0.29, 0.717) is 19.6 Å². The molecule has 1 unspecified atom stereocenters. The number of amides is 3. The lowest BCUT2D eigenvalue weighted by Crippen LogP contribution is -2.59. The summed E-state index contributed by atoms with van der Waals surface area (Å²) < 4.78 is 6.78. The van der Waals surface area contributed by atoms with Crippen molar-refractivity contribution in [3.8, 4) is 0 Å². The summed E-state index contributed by atoms with van der Waals surface area (Å²) in [5.74, 6) is -2.55. The summed E-state index contributed by atoms with van der Waals surface area (Å²) in [5.41, 5.74) is 2.40. The number of aryl methyl sites for hydroxylation is 2. The minimum atomic E-state index is -1.34. The van der Waals surface area contributed by atoms with Gasteiger partial charge in [-0.2, -0.15) is 0 Å². The molecule has 2 aromatic carbocycles. The molecule has 2 fully saturated rings. The van der Waals surface area contributed by atoms with Gasteiger partial charge in [-0.3, -0.25) is 14.4 Å². The molecule has 0 radical (unpaired) electrons. The van der Waals surface area contributed by atoms with Crippen LogP contribution in [-0.4, -0.2) is 76.1 Å². The molecular weight excluding hydrogens is 530 g/mol. The number of anilines is 1. The van der Waals surface area contributed by atoms with Crippen LogP contribution in [0.3, 0.4) is 0 Å². The van der Waals surface area contributed by atoms with Gasteiger partial charge in [0.15, 0.2) is 0 Å². The summed E-state index contributed by atoms with van der Waals surface area (Å²) in [5, 5.41) is 10.5.